The van der Waals surface area contributed by atoms with Crippen molar-refractivity contribution in [1.82, 2.24) is 10.6 Å². The Balaban J connectivity index is 0. The van der Waals surface area contributed by atoms with Crippen LogP contribution in [0.2, 0.25) is 0 Å². The van der Waals surface area contributed by atoms with E-state index < -0.39 is 5.97 Å². The molecule has 0 radical (unpaired) electrons. The summed E-state index contributed by atoms with van der Waals surface area (Å²) < 4.78 is 4.70. The van der Waals surface area contributed by atoms with E-state index in [0.717, 1.165) is 24.2 Å². The van der Waals surface area contributed by atoms with Crippen molar-refractivity contribution in [3.05, 3.63) is 58.7 Å². The van der Waals surface area contributed by atoms with E-state index in [9.17, 15) is 4.79 Å². The minimum Gasteiger partial charge on any atom is -0.434 e. The van der Waals surface area contributed by atoms with Gasteiger partial charge in [-0.15, -0.1) is 5.59 Å². The molecule has 1 aliphatic rings. The Bertz CT molecular complexity index is 710. The maximum absolute atomic E-state index is 11.4. The monoisotopic (exact) mass is 479 g/mol. The highest BCUT2D eigenvalue weighted by molar-refractivity contribution is 5.83. The number of ether oxygens (including phenoxy) is 1. The molecule has 7 heteroatoms. The maximum Gasteiger partial charge on any atom is 0.333 e. The lowest BCUT2D eigenvalue weighted by atomic mass is 9.72. The third-order valence-corrected chi connectivity index (χ3v) is 5.29. The Morgan fingerprint density at radius 1 is 1.18 bits per heavy atom. The Labute approximate surface area is 207 Å². The summed E-state index contributed by atoms with van der Waals surface area (Å²) in [5.74, 6) is 4.32. The zero-order chi connectivity index (χ0) is 26.6. The molecular formula is C27H49N3O4. The second-order valence-corrected chi connectivity index (χ2v) is 8.44. The van der Waals surface area contributed by atoms with Gasteiger partial charge in [-0.3, -0.25) is 4.84 Å². The zero-order valence-corrected chi connectivity index (χ0v) is 22.9. The van der Waals surface area contributed by atoms with Crippen molar-refractivity contribution >= 4 is 5.97 Å². The lowest BCUT2D eigenvalue weighted by Gasteiger charge is -2.32. The molecule has 0 aliphatic heterocycles. The van der Waals surface area contributed by atoms with Crippen molar-refractivity contribution in [2.75, 3.05) is 19.9 Å². The van der Waals surface area contributed by atoms with Crippen LogP contribution in [0, 0.1) is 5.41 Å². The number of nitrogens with zero attached hydrogens (tertiary/aromatic N) is 1. The third-order valence-electron chi connectivity index (χ3n) is 5.29. The van der Waals surface area contributed by atoms with E-state index in [1.807, 2.05) is 58.4 Å². The second-order valence-electron chi connectivity index (χ2n) is 8.44. The summed E-state index contributed by atoms with van der Waals surface area (Å²) in [6, 6.07) is 0. The highest BCUT2D eigenvalue weighted by Gasteiger charge is 2.26. The van der Waals surface area contributed by atoms with Crippen molar-refractivity contribution in [3.8, 4) is 0 Å². The highest BCUT2D eigenvalue weighted by Crippen LogP contribution is 2.40. The van der Waals surface area contributed by atoms with Gasteiger partial charge in [0.1, 0.15) is 0 Å². The average Bonchev–Trinajstić information content (AvgIpc) is 2.80. The van der Waals surface area contributed by atoms with Gasteiger partial charge in [-0.05, 0) is 56.6 Å². The van der Waals surface area contributed by atoms with Gasteiger partial charge in [-0.1, -0.05) is 83.1 Å². The smallest absolute Gasteiger partial charge is 0.333 e. The first kappa shape index (κ1) is 34.1. The van der Waals surface area contributed by atoms with Gasteiger partial charge in [0, 0.05) is 19.2 Å². The van der Waals surface area contributed by atoms with Crippen LogP contribution in [-0.4, -0.2) is 36.1 Å². The largest absolute Gasteiger partial charge is 0.434 e. The molecule has 0 fully saturated rings. The first-order chi connectivity index (χ1) is 16.1. The number of rotatable bonds is 10. The molecule has 0 heterocycles. The molecular weight excluding hydrogens is 430 g/mol. The first-order valence-electron chi connectivity index (χ1n) is 12.2. The van der Waals surface area contributed by atoms with Gasteiger partial charge in [0.05, 0.1) is 0 Å². The lowest BCUT2D eigenvalue weighted by molar-refractivity contribution is -0.150. The van der Waals surface area contributed by atoms with Crippen molar-refractivity contribution in [3.63, 3.8) is 0 Å². The van der Waals surface area contributed by atoms with E-state index in [0.29, 0.717) is 0 Å². The first-order valence-corrected chi connectivity index (χ1v) is 12.2. The van der Waals surface area contributed by atoms with Gasteiger partial charge in [0.2, 0.25) is 6.79 Å². The number of carbonyl (C=O) groups is 1. The second kappa shape index (κ2) is 20.4. The van der Waals surface area contributed by atoms with E-state index in [4.69, 9.17) is 15.8 Å². The Hall–Kier alpha value is -2.03. The quantitative estimate of drug-likeness (QED) is 0.113. The fraction of sp³-hybridized carbons (Fsp3) is 0.593. The molecule has 0 unspecified atom stereocenters. The standard InChI is InChI=1S/C21H31NO3.C4H12N2O.C2H6/c1-16(8-6-9-17(2)14-20(23)24-15-25-22)11-12-19-18(3)10-7-13-21(19,4)5;1-3-6(4-2)5-7;1-2/h6,8-9,11-12,14H,7,10,13,15,22H2,1-5H3;5,7H,3-4H2,1-2H3;1-2H3/b9-6+,12-11+,16-8+,17-14+;;. The van der Waals surface area contributed by atoms with Gasteiger partial charge in [-0.2, -0.15) is 0 Å². The van der Waals surface area contributed by atoms with E-state index >= 15 is 0 Å². The van der Waals surface area contributed by atoms with Gasteiger partial charge in [0.25, 0.3) is 0 Å². The van der Waals surface area contributed by atoms with Crippen LogP contribution < -0.4 is 11.5 Å². The number of esters is 1. The Kier molecular flexibility index (Phi) is 20.4. The topological polar surface area (TPSA) is 97.0 Å². The molecule has 1 aliphatic carbocycles. The van der Waals surface area contributed by atoms with Crippen molar-refractivity contribution in [2.24, 2.45) is 11.3 Å². The third kappa shape index (κ3) is 15.7. The molecule has 0 aromatic rings. The normalized spacial score (nSPS) is 16.4. The summed E-state index contributed by atoms with van der Waals surface area (Å²) in [5.41, 5.74) is 7.19. The average molecular weight is 480 g/mol. The van der Waals surface area contributed by atoms with Crippen LogP contribution in [0.25, 0.3) is 0 Å². The number of carbonyl (C=O) groups excluding carboxylic acids is 1. The van der Waals surface area contributed by atoms with Crippen LogP contribution in [0.5, 0.6) is 0 Å². The van der Waals surface area contributed by atoms with E-state index in [-0.39, 0.29) is 12.2 Å². The molecule has 4 N–H and O–H groups in total. The van der Waals surface area contributed by atoms with Crippen LogP contribution >= 0.6 is 0 Å². The predicted molar refractivity (Wildman–Crippen MR) is 142 cm³/mol. The van der Waals surface area contributed by atoms with Crippen LogP contribution in [-0.2, 0) is 14.4 Å². The molecule has 1 rings (SSSR count). The van der Waals surface area contributed by atoms with Crippen LogP contribution in [0.4, 0.5) is 0 Å². The van der Waals surface area contributed by atoms with Gasteiger partial charge < -0.3 is 9.94 Å². The zero-order valence-electron chi connectivity index (χ0n) is 22.9. The summed E-state index contributed by atoms with van der Waals surface area (Å²) >= 11 is 0. The Morgan fingerprint density at radius 2 is 1.79 bits per heavy atom. The molecule has 0 bridgehead atoms. The lowest BCUT2D eigenvalue weighted by Crippen LogP contribution is -2.34. The number of hydrazine groups is 1. The summed E-state index contributed by atoms with van der Waals surface area (Å²) in [5, 5.41) is 9.88. The van der Waals surface area contributed by atoms with Gasteiger partial charge in [-0.25, -0.2) is 15.7 Å². The fourth-order valence-corrected chi connectivity index (χ4v) is 3.37. The minimum atomic E-state index is -0.477. The Morgan fingerprint density at radius 3 is 2.26 bits per heavy atom. The molecule has 0 spiro atoms. The highest BCUT2D eigenvalue weighted by atomic mass is 16.7. The molecule has 0 saturated heterocycles. The summed E-state index contributed by atoms with van der Waals surface area (Å²) in [6.07, 6.45) is 15.3. The summed E-state index contributed by atoms with van der Waals surface area (Å²) in [4.78, 5) is 15.6. The molecule has 0 saturated carbocycles. The fourth-order valence-electron chi connectivity index (χ4n) is 3.37. The van der Waals surface area contributed by atoms with E-state index in [2.05, 4.69) is 44.7 Å². The molecule has 196 valence electrons. The summed E-state index contributed by atoms with van der Waals surface area (Å²) in [7, 11) is 0. The number of hydrogen-bond acceptors (Lipinski definition) is 7. The molecule has 0 aromatic heterocycles. The molecule has 0 atom stereocenters. The SMILES string of the molecule is CC.CC1=C(/C=C/C(C)=C/C=C/C(C)=C/C(=O)OCON)C(C)(C)CCC1.CCN(CC)NO. The van der Waals surface area contributed by atoms with Gasteiger partial charge >= 0.3 is 5.97 Å². The van der Waals surface area contributed by atoms with Crippen LogP contribution in [0.1, 0.15) is 81.6 Å². The maximum atomic E-state index is 11.4. The minimum absolute atomic E-state index is 0.248. The van der Waals surface area contributed by atoms with Crippen molar-refractivity contribution in [2.45, 2.75) is 81.6 Å². The van der Waals surface area contributed by atoms with Crippen LogP contribution in [0.3, 0.4) is 0 Å². The van der Waals surface area contributed by atoms with E-state index in [1.54, 1.807) is 5.01 Å². The van der Waals surface area contributed by atoms with Gasteiger partial charge in [0.15, 0.2) is 0 Å². The predicted octanol–water partition coefficient (Wildman–Crippen LogP) is 6.16. The van der Waals surface area contributed by atoms with Crippen molar-refractivity contribution < 1.29 is 19.6 Å². The summed E-state index contributed by atoms with van der Waals surface area (Å²) in [6.45, 7) is 20.1. The number of nitrogens with one attached hydrogen (secondary N) is 1. The number of allylic oxidation sites excluding steroid dienone is 9. The molecule has 7 nitrogen and oxygen atoms in total. The van der Waals surface area contributed by atoms with Crippen LogP contribution in [0.15, 0.2) is 58.7 Å². The van der Waals surface area contributed by atoms with Crippen molar-refractivity contribution in [1.29, 1.82) is 0 Å². The molecule has 34 heavy (non-hydrogen) atoms. The molecule has 0 amide bonds. The van der Waals surface area contributed by atoms with E-state index in [1.165, 1.54) is 36.5 Å². The number of nitrogens with two attached hydrogens (primary N) is 1. The number of hydrogen-bond donors (Lipinski definition) is 3. The molecule has 0 aromatic carbocycles.